The lowest BCUT2D eigenvalue weighted by Gasteiger charge is -2.13. The summed E-state index contributed by atoms with van der Waals surface area (Å²) >= 11 is 0. The van der Waals surface area contributed by atoms with Crippen LogP contribution in [0.2, 0.25) is 0 Å². The number of nitrogens with one attached hydrogen (secondary N) is 1. The van der Waals surface area contributed by atoms with Gasteiger partial charge in [0.2, 0.25) is 0 Å². The van der Waals surface area contributed by atoms with Gasteiger partial charge >= 0.3 is 6.18 Å². The van der Waals surface area contributed by atoms with E-state index in [1.807, 2.05) is 20.8 Å². The predicted molar refractivity (Wildman–Crippen MR) is 51.5 cm³/mol. The van der Waals surface area contributed by atoms with Gasteiger partial charge in [0.25, 0.3) is 0 Å². The van der Waals surface area contributed by atoms with E-state index >= 15 is 0 Å². The van der Waals surface area contributed by atoms with Gasteiger partial charge in [-0.3, -0.25) is 4.99 Å². The Morgan fingerprint density at radius 3 is 2.29 bits per heavy atom. The molecule has 0 aromatic carbocycles. The Hall–Kier alpha value is -0.740. The quantitative estimate of drug-likeness (QED) is 0.560. The monoisotopic (exact) mass is 210 g/mol. The second kappa shape index (κ2) is 5.88. The fraction of sp³-hybridized carbons (Fsp3) is 0.889. The van der Waals surface area contributed by atoms with Crippen molar-refractivity contribution < 1.29 is 13.2 Å². The molecule has 0 rings (SSSR count). The van der Waals surface area contributed by atoms with Crippen molar-refractivity contribution in [1.29, 1.82) is 0 Å². The van der Waals surface area contributed by atoms with Crippen LogP contribution in [0.4, 0.5) is 13.2 Å². The molecule has 0 heterocycles. The van der Waals surface area contributed by atoms with Gasteiger partial charge in [-0.1, -0.05) is 6.92 Å². The van der Waals surface area contributed by atoms with Gasteiger partial charge < -0.3 is 5.32 Å². The number of halogens is 3. The topological polar surface area (TPSA) is 24.4 Å². The summed E-state index contributed by atoms with van der Waals surface area (Å²) < 4.78 is 35.6. The number of hydrogen-bond acceptors (Lipinski definition) is 1. The molecule has 0 atom stereocenters. The predicted octanol–water partition coefficient (Wildman–Crippen LogP) is 2.75. The van der Waals surface area contributed by atoms with Crippen LogP contribution in [-0.4, -0.2) is 24.6 Å². The highest BCUT2D eigenvalue weighted by Gasteiger charge is 2.26. The molecule has 2 nitrogen and oxygen atoms in total. The summed E-state index contributed by atoms with van der Waals surface area (Å²) in [6.07, 6.45) is -2.86. The zero-order valence-corrected chi connectivity index (χ0v) is 8.78. The molecule has 14 heavy (non-hydrogen) atoms. The van der Waals surface area contributed by atoms with Crippen LogP contribution in [0.25, 0.3) is 0 Å². The molecule has 0 fully saturated rings. The molecule has 0 bridgehead atoms. The first kappa shape index (κ1) is 13.3. The molecule has 0 unspecified atom stereocenters. The highest BCUT2D eigenvalue weighted by atomic mass is 19.4. The fourth-order valence-electron chi connectivity index (χ4n) is 0.952. The largest absolute Gasteiger partial charge is 0.408 e. The van der Waals surface area contributed by atoms with Gasteiger partial charge in [-0.2, -0.15) is 13.2 Å². The van der Waals surface area contributed by atoms with Crippen LogP contribution >= 0.6 is 0 Å². The van der Waals surface area contributed by atoms with Crippen molar-refractivity contribution in [2.24, 2.45) is 4.99 Å². The second-order valence-electron chi connectivity index (χ2n) is 3.43. The Bertz CT molecular complexity index is 185. The van der Waals surface area contributed by atoms with Gasteiger partial charge in [0.05, 0.1) is 5.84 Å². The van der Waals surface area contributed by atoms with Crippen molar-refractivity contribution in [2.75, 3.05) is 6.54 Å². The smallest absolute Gasteiger partial charge is 0.372 e. The first-order chi connectivity index (χ1) is 6.35. The molecule has 0 saturated heterocycles. The second-order valence-corrected chi connectivity index (χ2v) is 3.43. The van der Waals surface area contributed by atoms with Gasteiger partial charge in [-0.15, -0.1) is 0 Å². The normalized spacial score (nSPS) is 13.5. The van der Waals surface area contributed by atoms with Gasteiger partial charge in [0, 0.05) is 12.5 Å². The van der Waals surface area contributed by atoms with Gasteiger partial charge in [0.1, 0.15) is 6.54 Å². The molecule has 0 radical (unpaired) electrons. The number of nitrogens with zero attached hydrogens (tertiary/aromatic N) is 1. The standard InChI is InChI=1S/C9H17F3N2/c1-4-5-8(14-7(2)3)13-6-9(10,11)12/h7H,4-6H2,1-3H3,(H,13,14). The third kappa shape index (κ3) is 7.89. The number of hydrogen-bond donors (Lipinski definition) is 1. The highest BCUT2D eigenvalue weighted by Crippen LogP contribution is 2.14. The number of alkyl halides is 3. The molecule has 0 aromatic rings. The summed E-state index contributed by atoms with van der Waals surface area (Å²) in [4.78, 5) is 3.51. The first-order valence-electron chi connectivity index (χ1n) is 4.71. The van der Waals surface area contributed by atoms with Crippen molar-refractivity contribution >= 4 is 5.84 Å². The van der Waals surface area contributed by atoms with Crippen molar-refractivity contribution in [3.8, 4) is 0 Å². The van der Waals surface area contributed by atoms with E-state index in [1.54, 1.807) is 0 Å². The summed E-state index contributed by atoms with van der Waals surface area (Å²) in [6.45, 7) is 4.56. The van der Waals surface area contributed by atoms with Crippen LogP contribution in [-0.2, 0) is 0 Å². The Morgan fingerprint density at radius 2 is 1.93 bits per heavy atom. The van der Waals surface area contributed by atoms with Gasteiger partial charge in [-0.05, 0) is 20.3 Å². The summed E-state index contributed by atoms with van der Waals surface area (Å²) in [5.74, 6) is 0.444. The van der Waals surface area contributed by atoms with Gasteiger partial charge in [0.15, 0.2) is 0 Å². The fourth-order valence-corrected chi connectivity index (χ4v) is 0.952. The summed E-state index contributed by atoms with van der Waals surface area (Å²) in [6, 6.07) is 0.119. The molecule has 5 heteroatoms. The molecule has 0 aliphatic rings. The summed E-state index contributed by atoms with van der Waals surface area (Å²) in [5.41, 5.74) is 0. The third-order valence-electron chi connectivity index (χ3n) is 1.39. The molecule has 0 aliphatic carbocycles. The van der Waals surface area contributed by atoms with Crippen molar-refractivity contribution in [3.05, 3.63) is 0 Å². The molecule has 0 aliphatic heterocycles. The van der Waals surface area contributed by atoms with Crippen molar-refractivity contribution in [2.45, 2.75) is 45.8 Å². The van der Waals surface area contributed by atoms with Crippen LogP contribution in [0, 0.1) is 0 Å². The van der Waals surface area contributed by atoms with Crippen LogP contribution in [0.5, 0.6) is 0 Å². The molecule has 0 aromatic heterocycles. The molecule has 0 spiro atoms. The van der Waals surface area contributed by atoms with E-state index in [2.05, 4.69) is 10.3 Å². The zero-order chi connectivity index (χ0) is 11.2. The molecule has 1 N–H and O–H groups in total. The molecule has 0 amide bonds. The summed E-state index contributed by atoms with van der Waals surface area (Å²) in [5, 5.41) is 2.90. The van der Waals surface area contributed by atoms with E-state index in [4.69, 9.17) is 0 Å². The van der Waals surface area contributed by atoms with Crippen molar-refractivity contribution in [3.63, 3.8) is 0 Å². The maximum Gasteiger partial charge on any atom is 0.408 e. The lowest BCUT2D eigenvalue weighted by Crippen LogP contribution is -2.31. The van der Waals surface area contributed by atoms with Crippen LogP contribution in [0.15, 0.2) is 4.99 Å². The molecular formula is C9H17F3N2. The van der Waals surface area contributed by atoms with E-state index in [0.717, 1.165) is 6.42 Å². The number of amidine groups is 1. The van der Waals surface area contributed by atoms with E-state index in [-0.39, 0.29) is 6.04 Å². The minimum absolute atomic E-state index is 0.119. The molecule has 84 valence electrons. The van der Waals surface area contributed by atoms with E-state index < -0.39 is 12.7 Å². The maximum atomic E-state index is 11.9. The van der Waals surface area contributed by atoms with E-state index in [0.29, 0.717) is 12.3 Å². The Balaban J connectivity index is 4.18. The Morgan fingerprint density at radius 1 is 1.36 bits per heavy atom. The zero-order valence-electron chi connectivity index (χ0n) is 8.78. The third-order valence-corrected chi connectivity index (χ3v) is 1.39. The lowest BCUT2D eigenvalue weighted by molar-refractivity contribution is -0.118. The minimum Gasteiger partial charge on any atom is -0.372 e. The Labute approximate surface area is 82.6 Å². The van der Waals surface area contributed by atoms with Crippen LogP contribution < -0.4 is 5.32 Å². The highest BCUT2D eigenvalue weighted by molar-refractivity contribution is 5.82. The lowest BCUT2D eigenvalue weighted by atomic mass is 10.3. The first-order valence-corrected chi connectivity index (χ1v) is 4.71. The summed E-state index contributed by atoms with van der Waals surface area (Å²) in [7, 11) is 0. The van der Waals surface area contributed by atoms with E-state index in [1.165, 1.54) is 0 Å². The Kier molecular flexibility index (Phi) is 5.57. The maximum absolute atomic E-state index is 11.9. The van der Waals surface area contributed by atoms with Gasteiger partial charge in [-0.25, -0.2) is 0 Å². The SMILES string of the molecule is CCCC(=NCC(F)(F)F)NC(C)C. The molecular weight excluding hydrogens is 193 g/mol. The van der Waals surface area contributed by atoms with Crippen LogP contribution in [0.1, 0.15) is 33.6 Å². The van der Waals surface area contributed by atoms with Crippen LogP contribution in [0.3, 0.4) is 0 Å². The van der Waals surface area contributed by atoms with Crippen molar-refractivity contribution in [1.82, 2.24) is 5.32 Å². The average molecular weight is 210 g/mol. The number of aliphatic imine (C=N–C) groups is 1. The average Bonchev–Trinajstić information content (AvgIpc) is 1.98. The molecule has 0 saturated carbocycles. The number of rotatable bonds is 4. The van der Waals surface area contributed by atoms with E-state index in [9.17, 15) is 13.2 Å². The minimum atomic E-state index is -4.21.